The number of nitrogen functional groups attached to an aromatic ring is 1. The van der Waals surface area contributed by atoms with Gasteiger partial charge in [0.2, 0.25) is 18.1 Å². The summed E-state index contributed by atoms with van der Waals surface area (Å²) in [6.45, 7) is 0.0409. The first-order valence-electron chi connectivity index (χ1n) is 8.95. The molecular weight excluding hydrogens is 484 g/mol. The molecule has 33 heavy (non-hydrogen) atoms. The Bertz CT molecular complexity index is 1080. The maximum absolute atomic E-state index is 12.8. The number of carbonyl (C=O) groups is 5. The molecule has 0 unspecified atom stereocenters. The molecule has 15 nitrogen and oxygen atoms in total. The molecule has 0 aliphatic carbocycles. The Kier molecular flexibility index (Phi) is 7.12. The number of amides is 2. The van der Waals surface area contributed by atoms with E-state index in [0.29, 0.717) is 0 Å². The summed E-state index contributed by atoms with van der Waals surface area (Å²) in [5.41, 5.74) is 4.92. The van der Waals surface area contributed by atoms with Crippen LogP contribution in [0.4, 0.5) is 5.13 Å². The summed E-state index contributed by atoms with van der Waals surface area (Å²) >= 11 is 1.92. The van der Waals surface area contributed by atoms with Crippen LogP contribution < -0.4 is 11.1 Å². The molecule has 2 aliphatic rings. The highest BCUT2D eigenvalue weighted by molar-refractivity contribution is 8.00. The van der Waals surface area contributed by atoms with Crippen LogP contribution in [-0.2, 0) is 33.5 Å². The summed E-state index contributed by atoms with van der Waals surface area (Å²) in [5.74, 6) is -5.10. The molecule has 1 fully saturated rings. The molecule has 176 valence electrons. The van der Waals surface area contributed by atoms with E-state index in [9.17, 15) is 29.1 Å². The van der Waals surface area contributed by atoms with Gasteiger partial charge < -0.3 is 30.8 Å². The monoisotopic (exact) mass is 500 g/mol. The van der Waals surface area contributed by atoms with Crippen molar-refractivity contribution in [1.82, 2.24) is 19.6 Å². The lowest BCUT2D eigenvalue weighted by Crippen LogP contribution is -2.71. The van der Waals surface area contributed by atoms with Crippen LogP contribution in [-0.4, -0.2) is 90.3 Å². The molecular formula is C16H16N6O9S2. The number of hydrogen-bond donors (Lipinski definition) is 4. The second-order valence-corrected chi connectivity index (χ2v) is 8.35. The van der Waals surface area contributed by atoms with Crippen LogP contribution in [0.15, 0.2) is 16.4 Å². The number of carboxylic acid groups (broad SMARTS) is 2. The number of aromatic nitrogens is 2. The quantitative estimate of drug-likeness (QED) is 0.128. The van der Waals surface area contributed by atoms with Gasteiger partial charge in [-0.2, -0.15) is 9.36 Å². The Labute approximate surface area is 192 Å². The van der Waals surface area contributed by atoms with Gasteiger partial charge in [0.05, 0.1) is 0 Å². The highest BCUT2D eigenvalue weighted by Crippen LogP contribution is 2.40. The zero-order valence-electron chi connectivity index (χ0n) is 16.7. The Morgan fingerprint density at radius 1 is 1.33 bits per heavy atom. The van der Waals surface area contributed by atoms with Gasteiger partial charge in [0.1, 0.15) is 23.7 Å². The Morgan fingerprint density at radius 3 is 2.64 bits per heavy atom. The van der Waals surface area contributed by atoms with Gasteiger partial charge in [0.15, 0.2) is 5.13 Å². The highest BCUT2D eigenvalue weighted by Gasteiger charge is 2.54. The number of ether oxygens (including phenoxy) is 1. The van der Waals surface area contributed by atoms with Crippen LogP contribution in [0.1, 0.15) is 12.7 Å². The molecule has 17 heteroatoms. The third-order valence-corrected chi connectivity index (χ3v) is 6.08. The van der Waals surface area contributed by atoms with Crippen molar-refractivity contribution in [3.05, 3.63) is 17.1 Å². The number of rotatable bonds is 9. The van der Waals surface area contributed by atoms with Crippen molar-refractivity contribution in [1.29, 1.82) is 0 Å². The van der Waals surface area contributed by atoms with Gasteiger partial charge >= 0.3 is 17.9 Å². The largest absolute Gasteiger partial charge is 0.479 e. The number of nitrogens with two attached hydrogens (primary N) is 1. The lowest BCUT2D eigenvalue weighted by atomic mass is 10.0. The average molecular weight is 500 g/mol. The summed E-state index contributed by atoms with van der Waals surface area (Å²) in [7, 11) is 0. The van der Waals surface area contributed by atoms with Crippen LogP contribution in [0, 0.1) is 0 Å². The maximum atomic E-state index is 12.8. The predicted octanol–water partition coefficient (Wildman–Crippen LogP) is -1.77. The number of carboxylic acids is 2. The fourth-order valence-electron chi connectivity index (χ4n) is 2.86. The molecule has 0 spiro atoms. The molecule has 5 N–H and O–H groups in total. The zero-order valence-corrected chi connectivity index (χ0v) is 18.3. The molecule has 1 aromatic rings. The Balaban J connectivity index is 1.78. The number of hydrogen-bond acceptors (Lipinski definition) is 13. The molecule has 1 aromatic heterocycles. The number of aliphatic carboxylic acids is 2. The lowest BCUT2D eigenvalue weighted by molar-refractivity contribution is -0.150. The van der Waals surface area contributed by atoms with Gasteiger partial charge in [-0.1, -0.05) is 5.16 Å². The summed E-state index contributed by atoms with van der Waals surface area (Å²) < 4.78 is 8.68. The molecule has 1 saturated heterocycles. The standard InChI is InChI=1S/C16H16N6O9S2/c1-5(23)30-2-6-4-32-14-9(13(27)22(14)10(6)15(28)29)18-12(26)8(20-31-3-7(24)25)11-19-16(17)33-21-11/h9,14H,2-4H2,1H3,(H,18,26)(H,24,25)(H,28,29)(H2,17,19,21)/t9-,14-/m1/s1. The van der Waals surface area contributed by atoms with Crippen LogP contribution in [0.25, 0.3) is 0 Å². The van der Waals surface area contributed by atoms with E-state index in [-0.39, 0.29) is 34.6 Å². The summed E-state index contributed by atoms with van der Waals surface area (Å²) in [6, 6.07) is -1.12. The number of nitrogens with zero attached hydrogens (tertiary/aromatic N) is 4. The Hall–Kier alpha value is -3.73. The van der Waals surface area contributed by atoms with Crippen molar-refractivity contribution in [2.45, 2.75) is 18.3 Å². The number of thioether (sulfide) groups is 1. The minimum atomic E-state index is -1.38. The van der Waals surface area contributed by atoms with Crippen molar-refractivity contribution < 1.29 is 43.8 Å². The van der Waals surface area contributed by atoms with Gasteiger partial charge in [-0.3, -0.25) is 19.3 Å². The van der Waals surface area contributed by atoms with E-state index < -0.39 is 53.5 Å². The molecule has 2 amide bonds. The number of β-lactam (4-membered cyclic amide) rings is 1. The lowest BCUT2D eigenvalue weighted by Gasteiger charge is -2.49. The maximum Gasteiger partial charge on any atom is 0.352 e. The molecule has 0 aromatic carbocycles. The summed E-state index contributed by atoms with van der Waals surface area (Å²) in [4.78, 5) is 68.3. The average Bonchev–Trinajstić information content (AvgIpc) is 3.17. The Morgan fingerprint density at radius 2 is 2.06 bits per heavy atom. The van der Waals surface area contributed by atoms with E-state index in [1.165, 1.54) is 6.92 Å². The SMILES string of the molecule is CC(=O)OCC1=C(C(=O)O)N2C(=O)[C@@H](NC(=O)C(=NOCC(=O)O)c3nsc(N)n3)[C@H]2SC1. The van der Waals surface area contributed by atoms with Crippen molar-refractivity contribution in [3.8, 4) is 0 Å². The summed E-state index contributed by atoms with van der Waals surface area (Å²) in [6.07, 6.45) is 0. The van der Waals surface area contributed by atoms with Gasteiger partial charge in [-0.05, 0) is 0 Å². The second-order valence-electron chi connectivity index (χ2n) is 6.46. The normalized spacial score (nSPS) is 20.0. The topological polar surface area (TPSA) is 224 Å². The molecule has 2 atom stereocenters. The van der Waals surface area contributed by atoms with Crippen LogP contribution in [0.3, 0.4) is 0 Å². The van der Waals surface area contributed by atoms with Crippen LogP contribution in [0.2, 0.25) is 0 Å². The van der Waals surface area contributed by atoms with Crippen LogP contribution >= 0.6 is 23.3 Å². The molecule has 0 radical (unpaired) electrons. The number of esters is 1. The van der Waals surface area contributed by atoms with Gasteiger partial charge in [-0.15, -0.1) is 11.8 Å². The van der Waals surface area contributed by atoms with Crippen LogP contribution in [0.5, 0.6) is 0 Å². The molecule has 0 bridgehead atoms. The first-order chi connectivity index (χ1) is 15.6. The van der Waals surface area contributed by atoms with Crippen molar-refractivity contribution >= 4 is 63.9 Å². The van der Waals surface area contributed by atoms with E-state index >= 15 is 0 Å². The number of anilines is 1. The molecule has 0 saturated carbocycles. The second kappa shape index (κ2) is 9.82. The van der Waals surface area contributed by atoms with Gasteiger partial charge in [0, 0.05) is 29.8 Å². The third-order valence-electron chi connectivity index (χ3n) is 4.20. The minimum absolute atomic E-state index is 0.00835. The fraction of sp³-hybridized carbons (Fsp3) is 0.375. The number of carbonyl (C=O) groups excluding carboxylic acids is 3. The predicted molar refractivity (Wildman–Crippen MR) is 111 cm³/mol. The van der Waals surface area contributed by atoms with Crippen molar-refractivity contribution in [2.24, 2.45) is 5.16 Å². The van der Waals surface area contributed by atoms with E-state index in [1.807, 2.05) is 0 Å². The van der Waals surface area contributed by atoms with Crippen molar-refractivity contribution in [3.63, 3.8) is 0 Å². The highest BCUT2D eigenvalue weighted by atomic mass is 32.2. The number of nitrogens with one attached hydrogen (secondary N) is 1. The third kappa shape index (κ3) is 5.20. The number of fused-ring (bicyclic) bond motifs is 1. The molecule has 2 aliphatic heterocycles. The van der Waals surface area contributed by atoms with E-state index in [4.69, 9.17) is 15.6 Å². The summed E-state index contributed by atoms with van der Waals surface area (Å²) in [5, 5.41) is 23.4. The fourth-order valence-corrected chi connectivity index (χ4v) is 4.62. The smallest absolute Gasteiger partial charge is 0.352 e. The van der Waals surface area contributed by atoms with Crippen molar-refractivity contribution in [2.75, 3.05) is 24.7 Å². The zero-order chi connectivity index (χ0) is 24.3. The van der Waals surface area contributed by atoms with Gasteiger partial charge in [-0.25, -0.2) is 9.59 Å². The number of oxime groups is 1. The van der Waals surface area contributed by atoms with Gasteiger partial charge in [0.25, 0.3) is 11.8 Å². The van der Waals surface area contributed by atoms with E-state index in [2.05, 4.69) is 24.7 Å². The first-order valence-corrected chi connectivity index (χ1v) is 10.8. The van der Waals surface area contributed by atoms with E-state index in [0.717, 1.165) is 28.2 Å². The minimum Gasteiger partial charge on any atom is -0.479 e. The van der Waals surface area contributed by atoms with E-state index in [1.54, 1.807) is 0 Å². The molecule has 3 rings (SSSR count). The molecule has 3 heterocycles. The first kappa shape index (κ1) is 23.9.